The van der Waals surface area contributed by atoms with Crippen molar-refractivity contribution in [2.75, 3.05) is 20.2 Å². The number of rotatable bonds is 5. The van der Waals surface area contributed by atoms with Crippen LogP contribution in [0.5, 0.6) is 5.75 Å². The minimum Gasteiger partial charge on any atom is -0.489 e. The van der Waals surface area contributed by atoms with E-state index in [1.54, 1.807) is 12.1 Å². The molecule has 1 atom stereocenters. The number of methoxy groups -OCH3 is 1. The lowest BCUT2D eigenvalue weighted by atomic mass is 9.87. The number of hydrogen-bond acceptors (Lipinski definition) is 4. The van der Waals surface area contributed by atoms with E-state index in [4.69, 9.17) is 32.7 Å². The van der Waals surface area contributed by atoms with Crippen LogP contribution in [-0.2, 0) is 11.2 Å². The number of carbonyl (C=O) groups is 2. The summed E-state index contributed by atoms with van der Waals surface area (Å²) in [6.07, 6.45) is 2.06. The molecule has 1 amide bonds. The number of aryl methyl sites for hydroxylation is 1. The molecule has 2 aliphatic rings. The van der Waals surface area contributed by atoms with E-state index in [-0.39, 0.29) is 12.1 Å². The third-order valence-electron chi connectivity index (χ3n) is 7.09. The molecule has 196 valence electrons. The lowest BCUT2D eigenvalue weighted by Gasteiger charge is -2.19. The van der Waals surface area contributed by atoms with Crippen molar-refractivity contribution < 1.29 is 24.2 Å². The standard InChI is InChI=1S/C30H27Cl2NO5/c1-37-29(34)20-7-11-24-19(15-20)3-2-4-26(25-12-8-21(31)16-27(25)32)28(24)18-5-9-22(10-6-18)38-23-13-14-33(17-23)30(35)36/h5-12,15-16,23H,2-4,13-14,17H2,1H3,(H,35,36). The first kappa shape index (κ1) is 26.1. The first-order valence-corrected chi connectivity index (χ1v) is 13.2. The monoisotopic (exact) mass is 551 g/mol. The van der Waals surface area contributed by atoms with Gasteiger partial charge < -0.3 is 19.5 Å². The maximum Gasteiger partial charge on any atom is 0.407 e. The van der Waals surface area contributed by atoms with E-state index in [0.29, 0.717) is 40.9 Å². The number of benzene rings is 3. The van der Waals surface area contributed by atoms with Gasteiger partial charge in [-0.1, -0.05) is 47.5 Å². The summed E-state index contributed by atoms with van der Waals surface area (Å²) in [6, 6.07) is 19.1. The molecule has 6 nitrogen and oxygen atoms in total. The molecule has 38 heavy (non-hydrogen) atoms. The molecule has 1 saturated heterocycles. The second-order valence-electron chi connectivity index (χ2n) is 9.48. The molecule has 8 heteroatoms. The highest BCUT2D eigenvalue weighted by Crippen LogP contribution is 2.42. The lowest BCUT2D eigenvalue weighted by molar-refractivity contribution is 0.0600. The Kier molecular flexibility index (Phi) is 7.63. The van der Waals surface area contributed by atoms with Crippen molar-refractivity contribution >= 4 is 46.4 Å². The SMILES string of the molecule is COC(=O)c1ccc2c(c1)CCCC(c1ccc(Cl)cc1Cl)=C2c1ccc(OC2CCN(C(=O)O)C2)cc1. The molecule has 1 aliphatic carbocycles. The zero-order chi connectivity index (χ0) is 26.8. The van der Waals surface area contributed by atoms with Crippen LogP contribution in [0, 0.1) is 0 Å². The number of likely N-dealkylation sites (tertiary alicyclic amines) is 1. The van der Waals surface area contributed by atoms with Crippen LogP contribution in [0.25, 0.3) is 11.1 Å². The van der Waals surface area contributed by atoms with Gasteiger partial charge in [-0.3, -0.25) is 0 Å². The van der Waals surface area contributed by atoms with Crippen molar-refractivity contribution in [1.29, 1.82) is 0 Å². The van der Waals surface area contributed by atoms with Crippen LogP contribution in [-0.4, -0.2) is 48.4 Å². The molecular weight excluding hydrogens is 525 g/mol. The second-order valence-corrected chi connectivity index (χ2v) is 10.3. The first-order chi connectivity index (χ1) is 18.3. The van der Waals surface area contributed by atoms with Crippen molar-refractivity contribution in [2.24, 2.45) is 0 Å². The molecular formula is C30H27Cl2NO5. The Labute approximate surface area is 231 Å². The number of carbonyl (C=O) groups excluding carboxylic acids is 1. The fraction of sp³-hybridized carbons (Fsp3) is 0.267. The molecule has 0 radical (unpaired) electrons. The summed E-state index contributed by atoms with van der Waals surface area (Å²) in [7, 11) is 1.38. The maximum absolute atomic E-state index is 12.2. The van der Waals surface area contributed by atoms with Gasteiger partial charge in [-0.05, 0) is 89.1 Å². The maximum atomic E-state index is 12.2. The van der Waals surface area contributed by atoms with E-state index < -0.39 is 6.09 Å². The third-order valence-corrected chi connectivity index (χ3v) is 7.64. The Morgan fingerprint density at radius 2 is 1.74 bits per heavy atom. The minimum absolute atomic E-state index is 0.171. The third kappa shape index (κ3) is 5.38. The first-order valence-electron chi connectivity index (χ1n) is 12.5. The molecule has 1 unspecified atom stereocenters. The molecule has 1 N–H and O–H groups in total. The zero-order valence-corrected chi connectivity index (χ0v) is 22.4. The number of ether oxygens (including phenoxy) is 2. The Morgan fingerprint density at radius 1 is 0.974 bits per heavy atom. The van der Waals surface area contributed by atoms with E-state index in [1.165, 1.54) is 12.0 Å². The molecule has 0 saturated carbocycles. The smallest absolute Gasteiger partial charge is 0.407 e. The average molecular weight is 552 g/mol. The Morgan fingerprint density at radius 3 is 2.42 bits per heavy atom. The van der Waals surface area contributed by atoms with E-state index in [2.05, 4.69) is 0 Å². The molecule has 0 aromatic heterocycles. The van der Waals surface area contributed by atoms with Gasteiger partial charge in [0.1, 0.15) is 11.9 Å². The topological polar surface area (TPSA) is 76.1 Å². The van der Waals surface area contributed by atoms with Gasteiger partial charge in [0, 0.05) is 23.0 Å². The highest BCUT2D eigenvalue weighted by atomic mass is 35.5. The number of nitrogens with zero attached hydrogens (tertiary/aromatic N) is 1. The molecule has 3 aromatic carbocycles. The summed E-state index contributed by atoms with van der Waals surface area (Å²) >= 11 is 12.9. The quantitative estimate of drug-likeness (QED) is 0.339. The summed E-state index contributed by atoms with van der Waals surface area (Å²) < 4.78 is 11.0. The van der Waals surface area contributed by atoms with Gasteiger partial charge in [-0.2, -0.15) is 0 Å². The zero-order valence-electron chi connectivity index (χ0n) is 20.9. The van der Waals surface area contributed by atoms with Gasteiger partial charge in [-0.25, -0.2) is 9.59 Å². The lowest BCUT2D eigenvalue weighted by Crippen LogP contribution is -2.29. The normalized spacial score (nSPS) is 17.1. The van der Waals surface area contributed by atoms with Gasteiger partial charge in [0.15, 0.2) is 0 Å². The highest BCUT2D eigenvalue weighted by Gasteiger charge is 2.27. The van der Waals surface area contributed by atoms with Gasteiger partial charge in [0.25, 0.3) is 0 Å². The predicted molar refractivity (Wildman–Crippen MR) is 148 cm³/mol. The molecule has 1 aliphatic heterocycles. The largest absolute Gasteiger partial charge is 0.489 e. The van der Waals surface area contributed by atoms with E-state index in [1.807, 2.05) is 48.5 Å². The molecule has 0 bridgehead atoms. The van der Waals surface area contributed by atoms with Crippen LogP contribution in [0.1, 0.15) is 51.9 Å². The summed E-state index contributed by atoms with van der Waals surface area (Å²) in [5.74, 6) is 0.325. The molecule has 1 heterocycles. The van der Waals surface area contributed by atoms with Crippen molar-refractivity contribution in [2.45, 2.75) is 31.8 Å². The van der Waals surface area contributed by atoms with Crippen LogP contribution >= 0.6 is 23.2 Å². The Hall–Kier alpha value is -3.48. The fourth-order valence-corrected chi connectivity index (χ4v) is 5.78. The highest BCUT2D eigenvalue weighted by molar-refractivity contribution is 6.36. The molecule has 3 aromatic rings. The van der Waals surface area contributed by atoms with Crippen LogP contribution < -0.4 is 4.74 Å². The Balaban J connectivity index is 1.56. The van der Waals surface area contributed by atoms with Crippen LogP contribution in [0.4, 0.5) is 4.79 Å². The molecule has 1 fully saturated rings. The van der Waals surface area contributed by atoms with Crippen molar-refractivity contribution in [3.05, 3.63) is 98.5 Å². The fourth-order valence-electron chi connectivity index (χ4n) is 5.26. The van der Waals surface area contributed by atoms with Crippen molar-refractivity contribution in [3.8, 4) is 5.75 Å². The van der Waals surface area contributed by atoms with Crippen LogP contribution in [0.3, 0.4) is 0 Å². The van der Waals surface area contributed by atoms with E-state index in [9.17, 15) is 14.7 Å². The van der Waals surface area contributed by atoms with Crippen molar-refractivity contribution in [1.82, 2.24) is 4.90 Å². The van der Waals surface area contributed by atoms with E-state index >= 15 is 0 Å². The number of hydrogen-bond donors (Lipinski definition) is 1. The predicted octanol–water partition coefficient (Wildman–Crippen LogP) is 7.21. The number of esters is 1. The second kappa shape index (κ2) is 11.1. The number of allylic oxidation sites excluding steroid dienone is 1. The minimum atomic E-state index is -0.922. The summed E-state index contributed by atoms with van der Waals surface area (Å²) in [4.78, 5) is 24.8. The number of halogens is 2. The molecule has 0 spiro atoms. The van der Waals surface area contributed by atoms with Gasteiger partial charge in [0.05, 0.1) is 19.2 Å². The number of carboxylic acid groups (broad SMARTS) is 1. The van der Waals surface area contributed by atoms with Gasteiger partial charge in [-0.15, -0.1) is 0 Å². The van der Waals surface area contributed by atoms with E-state index in [0.717, 1.165) is 52.7 Å². The molecule has 5 rings (SSSR count). The van der Waals surface area contributed by atoms with Gasteiger partial charge in [0.2, 0.25) is 0 Å². The summed E-state index contributed by atoms with van der Waals surface area (Å²) in [5.41, 5.74) is 6.71. The Bertz CT molecular complexity index is 1420. The summed E-state index contributed by atoms with van der Waals surface area (Å²) in [6.45, 7) is 0.831. The van der Waals surface area contributed by atoms with Crippen LogP contribution in [0.15, 0.2) is 60.7 Å². The average Bonchev–Trinajstić information content (AvgIpc) is 3.30. The number of fused-ring (bicyclic) bond motifs is 1. The van der Waals surface area contributed by atoms with Crippen molar-refractivity contribution in [3.63, 3.8) is 0 Å². The number of amides is 1. The van der Waals surface area contributed by atoms with Crippen LogP contribution in [0.2, 0.25) is 10.0 Å². The summed E-state index contributed by atoms with van der Waals surface area (Å²) in [5, 5.41) is 10.4. The van der Waals surface area contributed by atoms with Gasteiger partial charge >= 0.3 is 12.1 Å².